The Morgan fingerprint density at radius 1 is 1.03 bits per heavy atom. The van der Waals surface area contributed by atoms with Gasteiger partial charge in [0.25, 0.3) is 17.7 Å². The third-order valence-electron chi connectivity index (χ3n) is 5.23. The van der Waals surface area contributed by atoms with Crippen molar-refractivity contribution in [3.8, 4) is 0 Å². The standard InChI is InChI=1S/C22H23N3O4/c1-15-3-2-4-17(13-15)25-21(27)18-6-5-16(14-19(18)22(25)28)20(26)23-7-8-24-9-11-29-12-10-24/h2-6,13-14H,7-12H2,1H3,(H,23,26). The number of imide groups is 1. The van der Waals surface area contributed by atoms with Gasteiger partial charge >= 0.3 is 0 Å². The van der Waals surface area contributed by atoms with Gasteiger partial charge in [0.05, 0.1) is 30.0 Å². The average molecular weight is 393 g/mol. The molecule has 4 rings (SSSR count). The predicted octanol–water partition coefficient (Wildman–Crippen LogP) is 1.86. The quantitative estimate of drug-likeness (QED) is 0.785. The van der Waals surface area contributed by atoms with Crippen LogP contribution in [-0.4, -0.2) is 62.0 Å². The lowest BCUT2D eigenvalue weighted by molar-refractivity contribution is 0.0383. The number of fused-ring (bicyclic) bond motifs is 1. The van der Waals surface area contributed by atoms with Crippen LogP contribution in [-0.2, 0) is 4.74 Å². The highest BCUT2D eigenvalue weighted by molar-refractivity contribution is 6.34. The molecule has 2 heterocycles. The SMILES string of the molecule is Cc1cccc(N2C(=O)c3ccc(C(=O)NCCN4CCOCC4)cc3C2=O)c1. The van der Waals surface area contributed by atoms with Gasteiger partial charge in [0.1, 0.15) is 0 Å². The number of nitrogens with zero attached hydrogens (tertiary/aromatic N) is 2. The van der Waals surface area contributed by atoms with Gasteiger partial charge in [-0.25, -0.2) is 4.90 Å². The van der Waals surface area contributed by atoms with Crippen molar-refractivity contribution in [2.24, 2.45) is 0 Å². The highest BCUT2D eigenvalue weighted by Crippen LogP contribution is 2.29. The molecule has 0 atom stereocenters. The van der Waals surface area contributed by atoms with Crippen molar-refractivity contribution >= 4 is 23.4 Å². The van der Waals surface area contributed by atoms with Gasteiger partial charge in [0.15, 0.2) is 0 Å². The number of ether oxygens (including phenoxy) is 1. The van der Waals surface area contributed by atoms with Gasteiger partial charge in [-0.3, -0.25) is 19.3 Å². The molecule has 1 fully saturated rings. The zero-order valence-electron chi connectivity index (χ0n) is 16.3. The van der Waals surface area contributed by atoms with Gasteiger partial charge in [0, 0.05) is 31.7 Å². The van der Waals surface area contributed by atoms with Crippen molar-refractivity contribution in [1.29, 1.82) is 0 Å². The highest BCUT2D eigenvalue weighted by Gasteiger charge is 2.37. The Kier molecular flexibility index (Phi) is 5.42. The number of carbonyl (C=O) groups is 3. The van der Waals surface area contributed by atoms with Gasteiger partial charge in [-0.2, -0.15) is 0 Å². The molecule has 150 valence electrons. The van der Waals surface area contributed by atoms with Crippen LogP contribution in [0.15, 0.2) is 42.5 Å². The molecule has 0 unspecified atom stereocenters. The molecule has 1 saturated heterocycles. The second kappa shape index (κ2) is 8.14. The summed E-state index contributed by atoms with van der Waals surface area (Å²) in [7, 11) is 0. The Morgan fingerprint density at radius 3 is 2.55 bits per heavy atom. The van der Waals surface area contributed by atoms with Crippen LogP contribution >= 0.6 is 0 Å². The summed E-state index contributed by atoms with van der Waals surface area (Å²) in [6.45, 7) is 6.32. The summed E-state index contributed by atoms with van der Waals surface area (Å²) in [5, 5.41) is 2.88. The van der Waals surface area contributed by atoms with E-state index in [-0.39, 0.29) is 17.4 Å². The lowest BCUT2D eigenvalue weighted by Gasteiger charge is -2.26. The molecule has 0 radical (unpaired) electrons. The molecule has 0 aliphatic carbocycles. The van der Waals surface area contributed by atoms with Gasteiger partial charge in [-0.05, 0) is 42.8 Å². The number of amides is 3. The maximum atomic E-state index is 12.9. The van der Waals surface area contributed by atoms with E-state index in [0.717, 1.165) is 30.1 Å². The van der Waals surface area contributed by atoms with Crippen molar-refractivity contribution in [2.75, 3.05) is 44.3 Å². The Morgan fingerprint density at radius 2 is 1.79 bits per heavy atom. The van der Waals surface area contributed by atoms with Crippen molar-refractivity contribution in [2.45, 2.75) is 6.92 Å². The van der Waals surface area contributed by atoms with Crippen LogP contribution < -0.4 is 10.2 Å². The second-order valence-electron chi connectivity index (χ2n) is 7.25. The van der Waals surface area contributed by atoms with Crippen LogP contribution in [0.3, 0.4) is 0 Å². The number of nitrogens with one attached hydrogen (secondary N) is 1. The van der Waals surface area contributed by atoms with E-state index in [4.69, 9.17) is 4.74 Å². The van der Waals surface area contributed by atoms with E-state index in [0.29, 0.717) is 36.6 Å². The molecule has 0 aromatic heterocycles. The summed E-state index contributed by atoms with van der Waals surface area (Å²) >= 11 is 0. The highest BCUT2D eigenvalue weighted by atomic mass is 16.5. The lowest BCUT2D eigenvalue weighted by Crippen LogP contribution is -2.41. The fraction of sp³-hybridized carbons (Fsp3) is 0.318. The molecule has 2 aliphatic rings. The van der Waals surface area contributed by atoms with Gasteiger partial charge in [0.2, 0.25) is 0 Å². The number of carbonyl (C=O) groups excluding carboxylic acids is 3. The summed E-state index contributed by atoms with van der Waals surface area (Å²) < 4.78 is 5.31. The molecular formula is C22H23N3O4. The normalized spacial score (nSPS) is 16.8. The van der Waals surface area contributed by atoms with Crippen LogP contribution in [0.1, 0.15) is 36.6 Å². The summed E-state index contributed by atoms with van der Waals surface area (Å²) in [5.74, 6) is -1.02. The number of benzene rings is 2. The number of rotatable bonds is 5. The molecule has 0 spiro atoms. The Labute approximate surface area is 169 Å². The van der Waals surface area contributed by atoms with Gasteiger partial charge < -0.3 is 10.1 Å². The number of hydrogen-bond acceptors (Lipinski definition) is 5. The molecule has 2 aliphatic heterocycles. The van der Waals surface area contributed by atoms with E-state index in [9.17, 15) is 14.4 Å². The Balaban J connectivity index is 1.46. The molecule has 29 heavy (non-hydrogen) atoms. The molecule has 1 N–H and O–H groups in total. The van der Waals surface area contributed by atoms with Crippen LogP contribution in [0, 0.1) is 6.92 Å². The fourth-order valence-electron chi connectivity index (χ4n) is 3.64. The lowest BCUT2D eigenvalue weighted by atomic mass is 10.1. The van der Waals surface area contributed by atoms with E-state index >= 15 is 0 Å². The predicted molar refractivity (Wildman–Crippen MR) is 108 cm³/mol. The molecule has 3 amide bonds. The summed E-state index contributed by atoms with van der Waals surface area (Å²) in [6, 6.07) is 11.9. The van der Waals surface area contributed by atoms with Crippen LogP contribution in [0.2, 0.25) is 0 Å². The maximum absolute atomic E-state index is 12.9. The van der Waals surface area contributed by atoms with Crippen LogP contribution in [0.25, 0.3) is 0 Å². The minimum atomic E-state index is -0.404. The summed E-state index contributed by atoms with van der Waals surface area (Å²) in [4.78, 5) is 41.5. The van der Waals surface area contributed by atoms with E-state index in [1.807, 2.05) is 19.1 Å². The summed E-state index contributed by atoms with van der Waals surface area (Å²) in [5.41, 5.74) is 2.45. The van der Waals surface area contributed by atoms with Crippen molar-refractivity contribution in [3.05, 3.63) is 64.7 Å². The second-order valence-corrected chi connectivity index (χ2v) is 7.25. The van der Waals surface area contributed by atoms with Crippen LogP contribution in [0.5, 0.6) is 0 Å². The first-order valence-corrected chi connectivity index (χ1v) is 9.72. The smallest absolute Gasteiger partial charge is 0.266 e. The molecule has 7 nitrogen and oxygen atoms in total. The van der Waals surface area contributed by atoms with E-state index < -0.39 is 5.91 Å². The zero-order valence-corrected chi connectivity index (χ0v) is 16.3. The first-order chi connectivity index (χ1) is 14.0. The zero-order chi connectivity index (χ0) is 20.4. The molecule has 2 aromatic carbocycles. The Hall–Kier alpha value is -3.03. The van der Waals surface area contributed by atoms with E-state index in [1.165, 1.54) is 6.07 Å². The first-order valence-electron chi connectivity index (χ1n) is 9.72. The molecule has 0 saturated carbocycles. The van der Waals surface area contributed by atoms with Crippen molar-refractivity contribution in [1.82, 2.24) is 10.2 Å². The first kappa shape index (κ1) is 19.3. The van der Waals surface area contributed by atoms with Gasteiger partial charge in [-0.1, -0.05) is 12.1 Å². The van der Waals surface area contributed by atoms with Crippen LogP contribution in [0.4, 0.5) is 5.69 Å². The van der Waals surface area contributed by atoms with Crippen molar-refractivity contribution in [3.63, 3.8) is 0 Å². The number of anilines is 1. The van der Waals surface area contributed by atoms with Gasteiger partial charge in [-0.15, -0.1) is 0 Å². The molecule has 0 bridgehead atoms. The minimum absolute atomic E-state index is 0.254. The number of hydrogen-bond donors (Lipinski definition) is 1. The third kappa shape index (κ3) is 3.92. The molecular weight excluding hydrogens is 370 g/mol. The largest absolute Gasteiger partial charge is 0.379 e. The molecule has 2 aromatic rings. The Bertz CT molecular complexity index is 966. The number of aryl methyl sites for hydroxylation is 1. The average Bonchev–Trinajstić information content (AvgIpc) is 2.98. The number of morpholine rings is 1. The van der Waals surface area contributed by atoms with E-state index in [2.05, 4.69) is 10.2 Å². The fourth-order valence-corrected chi connectivity index (χ4v) is 3.64. The monoisotopic (exact) mass is 393 g/mol. The van der Waals surface area contributed by atoms with Crippen molar-refractivity contribution < 1.29 is 19.1 Å². The van der Waals surface area contributed by atoms with E-state index in [1.54, 1.807) is 24.3 Å². The molecule has 7 heteroatoms. The maximum Gasteiger partial charge on any atom is 0.266 e. The topological polar surface area (TPSA) is 79.0 Å². The summed E-state index contributed by atoms with van der Waals surface area (Å²) in [6.07, 6.45) is 0. The minimum Gasteiger partial charge on any atom is -0.379 e. The third-order valence-corrected chi connectivity index (χ3v) is 5.23.